The van der Waals surface area contributed by atoms with Crippen LogP contribution in [-0.4, -0.2) is 21.0 Å². The highest BCUT2D eigenvalue weighted by atomic mass is 35.5. The first-order valence-corrected chi connectivity index (χ1v) is 6.27. The van der Waals surface area contributed by atoms with E-state index in [0.29, 0.717) is 22.5 Å². The number of carboxylic acid groups (broad SMARTS) is 1. The maximum absolute atomic E-state index is 12.9. The molecule has 2 N–H and O–H groups in total. The van der Waals surface area contributed by atoms with Crippen LogP contribution < -0.4 is 5.32 Å². The molecule has 0 saturated heterocycles. The standard InChI is InChI=1S/C13H9ClF3N3O2/c1-6-4-7(14)2-3-9(6)19-12-18-5-8(11(21)22)10(20-12)13(15,16)17/h2-5H,1H3,(H,21,22)(H,18,19,20). The molecule has 0 fully saturated rings. The fourth-order valence-corrected chi connectivity index (χ4v) is 1.93. The molecule has 22 heavy (non-hydrogen) atoms. The molecule has 1 aromatic carbocycles. The molecule has 5 nitrogen and oxygen atoms in total. The molecule has 0 spiro atoms. The van der Waals surface area contributed by atoms with Crippen molar-refractivity contribution in [3.8, 4) is 0 Å². The average Bonchev–Trinajstić information content (AvgIpc) is 2.40. The molecule has 2 aromatic rings. The Balaban J connectivity index is 2.43. The van der Waals surface area contributed by atoms with E-state index < -0.39 is 23.4 Å². The fraction of sp³-hybridized carbons (Fsp3) is 0.154. The van der Waals surface area contributed by atoms with Gasteiger partial charge in [-0.2, -0.15) is 13.2 Å². The van der Waals surface area contributed by atoms with Crippen LogP contribution in [0.2, 0.25) is 5.02 Å². The van der Waals surface area contributed by atoms with Crippen molar-refractivity contribution in [2.24, 2.45) is 0 Å². The van der Waals surface area contributed by atoms with Crippen LogP contribution >= 0.6 is 11.6 Å². The second-order valence-electron chi connectivity index (χ2n) is 4.34. The number of carbonyl (C=O) groups is 1. The summed E-state index contributed by atoms with van der Waals surface area (Å²) in [5.74, 6) is -2.11. The van der Waals surface area contributed by atoms with Crippen molar-refractivity contribution in [1.29, 1.82) is 0 Å². The molecule has 0 radical (unpaired) electrons. The fourth-order valence-electron chi connectivity index (χ4n) is 1.70. The normalized spacial score (nSPS) is 11.3. The van der Waals surface area contributed by atoms with Crippen LogP contribution in [0.25, 0.3) is 0 Å². The lowest BCUT2D eigenvalue weighted by Gasteiger charge is -2.12. The van der Waals surface area contributed by atoms with Gasteiger partial charge in [0, 0.05) is 16.9 Å². The number of benzene rings is 1. The lowest BCUT2D eigenvalue weighted by Crippen LogP contribution is -2.17. The molecular formula is C13H9ClF3N3O2. The molecule has 1 heterocycles. The quantitative estimate of drug-likeness (QED) is 0.892. The highest BCUT2D eigenvalue weighted by Gasteiger charge is 2.38. The van der Waals surface area contributed by atoms with Gasteiger partial charge in [0.1, 0.15) is 5.56 Å². The van der Waals surface area contributed by atoms with E-state index in [1.165, 1.54) is 0 Å². The van der Waals surface area contributed by atoms with Crippen molar-refractivity contribution < 1.29 is 23.1 Å². The van der Waals surface area contributed by atoms with E-state index in [2.05, 4.69) is 15.3 Å². The predicted molar refractivity (Wildman–Crippen MR) is 73.5 cm³/mol. The zero-order valence-electron chi connectivity index (χ0n) is 11.1. The van der Waals surface area contributed by atoms with Gasteiger partial charge in [-0.05, 0) is 30.7 Å². The molecule has 2 rings (SSSR count). The molecule has 9 heteroatoms. The number of nitrogens with one attached hydrogen (secondary N) is 1. The Kier molecular flexibility index (Phi) is 4.23. The second-order valence-corrected chi connectivity index (χ2v) is 4.78. The Hall–Kier alpha value is -2.35. The Bertz CT molecular complexity index is 735. The van der Waals surface area contributed by atoms with Crippen molar-refractivity contribution in [3.63, 3.8) is 0 Å². The number of anilines is 2. The summed E-state index contributed by atoms with van der Waals surface area (Å²) in [5, 5.41) is 11.8. The largest absolute Gasteiger partial charge is 0.478 e. The summed E-state index contributed by atoms with van der Waals surface area (Å²) in [6.07, 6.45) is -4.28. The zero-order chi connectivity index (χ0) is 16.5. The third-order valence-electron chi connectivity index (χ3n) is 2.72. The summed E-state index contributed by atoms with van der Waals surface area (Å²) in [5.41, 5.74) is -1.39. The van der Waals surface area contributed by atoms with E-state index in [1.807, 2.05) is 0 Å². The van der Waals surface area contributed by atoms with Gasteiger partial charge in [-0.1, -0.05) is 11.6 Å². The SMILES string of the molecule is Cc1cc(Cl)ccc1Nc1ncc(C(=O)O)c(C(F)(F)F)n1. The van der Waals surface area contributed by atoms with Gasteiger partial charge in [-0.25, -0.2) is 14.8 Å². The third-order valence-corrected chi connectivity index (χ3v) is 2.96. The minimum Gasteiger partial charge on any atom is -0.478 e. The maximum atomic E-state index is 12.9. The number of aromatic nitrogens is 2. The van der Waals surface area contributed by atoms with Crippen molar-refractivity contribution >= 4 is 29.2 Å². The van der Waals surface area contributed by atoms with Crippen molar-refractivity contribution in [2.45, 2.75) is 13.1 Å². The van der Waals surface area contributed by atoms with Crippen LogP contribution in [0.3, 0.4) is 0 Å². The lowest BCUT2D eigenvalue weighted by atomic mass is 10.2. The van der Waals surface area contributed by atoms with Crippen LogP contribution in [-0.2, 0) is 6.18 Å². The minimum atomic E-state index is -4.90. The summed E-state index contributed by atoms with van der Waals surface area (Å²) in [7, 11) is 0. The van der Waals surface area contributed by atoms with Crippen molar-refractivity contribution in [2.75, 3.05) is 5.32 Å². The molecule has 0 bridgehead atoms. The number of carboxylic acids is 1. The molecule has 0 amide bonds. The number of hydrogen-bond donors (Lipinski definition) is 2. The van der Waals surface area contributed by atoms with Gasteiger partial charge in [0.15, 0.2) is 5.69 Å². The molecule has 0 aliphatic heterocycles. The lowest BCUT2D eigenvalue weighted by molar-refractivity contribution is -0.141. The molecule has 0 saturated carbocycles. The first kappa shape index (κ1) is 16.0. The van der Waals surface area contributed by atoms with E-state index >= 15 is 0 Å². The Morgan fingerprint density at radius 3 is 2.59 bits per heavy atom. The van der Waals surface area contributed by atoms with Gasteiger partial charge in [-0.3, -0.25) is 0 Å². The van der Waals surface area contributed by atoms with Gasteiger partial charge < -0.3 is 10.4 Å². The highest BCUT2D eigenvalue weighted by molar-refractivity contribution is 6.30. The van der Waals surface area contributed by atoms with Gasteiger partial charge in [0.2, 0.25) is 5.95 Å². The summed E-state index contributed by atoms with van der Waals surface area (Å²) >= 11 is 5.79. The zero-order valence-corrected chi connectivity index (χ0v) is 11.8. The number of nitrogens with zero attached hydrogens (tertiary/aromatic N) is 2. The highest BCUT2D eigenvalue weighted by Crippen LogP contribution is 2.31. The van der Waals surface area contributed by atoms with Crippen LogP contribution in [0.15, 0.2) is 24.4 Å². The van der Waals surface area contributed by atoms with Gasteiger partial charge in [-0.15, -0.1) is 0 Å². The smallest absolute Gasteiger partial charge is 0.434 e. The van der Waals surface area contributed by atoms with Gasteiger partial charge in [0.05, 0.1) is 0 Å². The first-order valence-electron chi connectivity index (χ1n) is 5.89. The summed E-state index contributed by atoms with van der Waals surface area (Å²) < 4.78 is 38.6. The second kappa shape index (κ2) is 5.80. The van der Waals surface area contributed by atoms with Crippen LogP contribution in [0.4, 0.5) is 24.8 Å². The monoisotopic (exact) mass is 331 g/mol. The maximum Gasteiger partial charge on any atom is 0.434 e. The predicted octanol–water partition coefficient (Wildman–Crippen LogP) is 3.90. The molecule has 1 aromatic heterocycles. The number of halogens is 4. The molecule has 0 unspecified atom stereocenters. The van der Waals surface area contributed by atoms with E-state index in [9.17, 15) is 18.0 Å². The molecule has 0 atom stereocenters. The molecule has 0 aliphatic rings. The van der Waals surface area contributed by atoms with E-state index in [-0.39, 0.29) is 5.95 Å². The van der Waals surface area contributed by atoms with E-state index in [4.69, 9.17) is 16.7 Å². The average molecular weight is 332 g/mol. The topological polar surface area (TPSA) is 75.1 Å². The Labute approximate surface area is 127 Å². The summed E-state index contributed by atoms with van der Waals surface area (Å²) in [4.78, 5) is 17.7. The molecular weight excluding hydrogens is 323 g/mol. The number of aryl methyl sites for hydroxylation is 1. The van der Waals surface area contributed by atoms with Crippen LogP contribution in [0.1, 0.15) is 21.6 Å². The van der Waals surface area contributed by atoms with Crippen LogP contribution in [0.5, 0.6) is 0 Å². The number of alkyl halides is 3. The van der Waals surface area contributed by atoms with Crippen molar-refractivity contribution in [1.82, 2.24) is 9.97 Å². The van der Waals surface area contributed by atoms with Gasteiger partial charge in [0.25, 0.3) is 0 Å². The molecule has 0 aliphatic carbocycles. The van der Waals surface area contributed by atoms with E-state index in [0.717, 1.165) is 0 Å². The Morgan fingerprint density at radius 1 is 1.36 bits per heavy atom. The number of rotatable bonds is 3. The number of aromatic carboxylic acids is 1. The third kappa shape index (κ3) is 3.45. The van der Waals surface area contributed by atoms with Gasteiger partial charge >= 0.3 is 12.1 Å². The Morgan fingerprint density at radius 2 is 2.05 bits per heavy atom. The summed E-state index contributed by atoms with van der Waals surface area (Å²) in [6, 6.07) is 4.72. The van der Waals surface area contributed by atoms with Crippen molar-refractivity contribution in [3.05, 3.63) is 46.2 Å². The van der Waals surface area contributed by atoms with Crippen LogP contribution in [0, 0.1) is 6.92 Å². The molecule has 116 valence electrons. The summed E-state index contributed by atoms with van der Waals surface area (Å²) in [6.45, 7) is 1.70. The number of hydrogen-bond acceptors (Lipinski definition) is 4. The first-order chi connectivity index (χ1) is 10.2. The van der Waals surface area contributed by atoms with E-state index in [1.54, 1.807) is 25.1 Å². The minimum absolute atomic E-state index is 0.359.